The SMILES string of the molecule is Brc1cc(Oc2ccc(OCc3ccccc3)cc2)c2cncn2c1. The van der Waals surface area contributed by atoms with Crippen molar-refractivity contribution in [1.29, 1.82) is 0 Å². The van der Waals surface area contributed by atoms with Crippen molar-refractivity contribution in [1.82, 2.24) is 9.38 Å². The van der Waals surface area contributed by atoms with Crippen molar-refractivity contribution in [2.75, 3.05) is 0 Å². The van der Waals surface area contributed by atoms with E-state index in [1.807, 2.05) is 71.3 Å². The van der Waals surface area contributed by atoms with Crippen molar-refractivity contribution >= 4 is 21.4 Å². The fourth-order valence-corrected chi connectivity index (χ4v) is 2.95. The number of imidazole rings is 1. The minimum Gasteiger partial charge on any atom is -0.489 e. The van der Waals surface area contributed by atoms with Gasteiger partial charge < -0.3 is 13.9 Å². The maximum atomic E-state index is 6.00. The summed E-state index contributed by atoms with van der Waals surface area (Å²) in [4.78, 5) is 4.15. The van der Waals surface area contributed by atoms with E-state index in [4.69, 9.17) is 9.47 Å². The zero-order valence-electron chi connectivity index (χ0n) is 13.3. The van der Waals surface area contributed by atoms with E-state index < -0.39 is 0 Å². The predicted molar refractivity (Wildman–Crippen MR) is 100 cm³/mol. The molecule has 0 N–H and O–H groups in total. The zero-order valence-corrected chi connectivity index (χ0v) is 14.9. The molecule has 0 aliphatic rings. The standard InChI is InChI=1S/C20H15BrN2O2/c21-16-10-20(19-11-22-14-23(19)12-16)25-18-8-6-17(7-9-18)24-13-15-4-2-1-3-5-15/h1-12,14H,13H2. The molecular formula is C20H15BrN2O2. The first-order chi connectivity index (χ1) is 12.3. The molecule has 124 valence electrons. The summed E-state index contributed by atoms with van der Waals surface area (Å²) in [7, 11) is 0. The van der Waals surface area contributed by atoms with Crippen LogP contribution in [0.5, 0.6) is 17.2 Å². The van der Waals surface area contributed by atoms with Crippen molar-refractivity contribution < 1.29 is 9.47 Å². The molecule has 2 heterocycles. The number of ether oxygens (including phenoxy) is 2. The van der Waals surface area contributed by atoms with Crippen molar-refractivity contribution in [2.24, 2.45) is 0 Å². The summed E-state index contributed by atoms with van der Waals surface area (Å²) in [5.41, 5.74) is 2.05. The van der Waals surface area contributed by atoms with Crippen molar-refractivity contribution in [3.05, 3.63) is 89.4 Å². The number of hydrogen-bond donors (Lipinski definition) is 0. The molecule has 25 heavy (non-hydrogen) atoms. The van der Waals surface area contributed by atoms with E-state index in [0.717, 1.165) is 32.8 Å². The number of pyridine rings is 1. The van der Waals surface area contributed by atoms with E-state index >= 15 is 0 Å². The zero-order chi connectivity index (χ0) is 17.1. The fourth-order valence-electron chi connectivity index (χ4n) is 2.52. The van der Waals surface area contributed by atoms with Gasteiger partial charge in [0.25, 0.3) is 0 Å². The molecule has 0 amide bonds. The van der Waals surface area contributed by atoms with Gasteiger partial charge in [-0.25, -0.2) is 4.98 Å². The molecule has 0 fully saturated rings. The summed E-state index contributed by atoms with van der Waals surface area (Å²) in [5.74, 6) is 2.29. The first-order valence-electron chi connectivity index (χ1n) is 7.84. The maximum Gasteiger partial charge on any atom is 0.154 e. The maximum absolute atomic E-state index is 6.00. The van der Waals surface area contributed by atoms with Crippen LogP contribution >= 0.6 is 15.9 Å². The molecule has 5 heteroatoms. The number of benzene rings is 2. The molecule has 0 aliphatic heterocycles. The van der Waals surface area contributed by atoms with Gasteiger partial charge in [0.05, 0.1) is 12.5 Å². The Hall–Kier alpha value is -2.79. The van der Waals surface area contributed by atoms with Gasteiger partial charge in [-0.2, -0.15) is 0 Å². The Labute approximate surface area is 153 Å². The molecule has 0 unspecified atom stereocenters. The van der Waals surface area contributed by atoms with Crippen molar-refractivity contribution in [2.45, 2.75) is 6.61 Å². The molecule has 0 saturated heterocycles. The van der Waals surface area contributed by atoms with Crippen LogP contribution in [0.25, 0.3) is 5.52 Å². The molecule has 4 aromatic rings. The van der Waals surface area contributed by atoms with Crippen molar-refractivity contribution in [3.63, 3.8) is 0 Å². The van der Waals surface area contributed by atoms with Crippen LogP contribution in [-0.4, -0.2) is 9.38 Å². The highest BCUT2D eigenvalue weighted by Crippen LogP contribution is 2.30. The minimum absolute atomic E-state index is 0.545. The number of fused-ring (bicyclic) bond motifs is 1. The van der Waals surface area contributed by atoms with Crippen molar-refractivity contribution in [3.8, 4) is 17.2 Å². The summed E-state index contributed by atoms with van der Waals surface area (Å²) in [5, 5.41) is 0. The topological polar surface area (TPSA) is 35.8 Å². The van der Waals surface area contributed by atoms with Gasteiger partial charge in [0.15, 0.2) is 5.75 Å². The lowest BCUT2D eigenvalue weighted by atomic mass is 10.2. The second kappa shape index (κ2) is 6.99. The van der Waals surface area contributed by atoms with Gasteiger partial charge in [0.2, 0.25) is 0 Å². The average molecular weight is 395 g/mol. The highest BCUT2D eigenvalue weighted by atomic mass is 79.9. The Morgan fingerprint density at radius 2 is 1.72 bits per heavy atom. The number of halogens is 1. The van der Waals surface area contributed by atoms with Gasteiger partial charge in [0.1, 0.15) is 23.6 Å². The van der Waals surface area contributed by atoms with E-state index in [-0.39, 0.29) is 0 Å². The van der Waals surface area contributed by atoms with E-state index in [1.165, 1.54) is 0 Å². The van der Waals surface area contributed by atoms with Gasteiger partial charge in [-0.15, -0.1) is 0 Å². The minimum atomic E-state index is 0.545. The van der Waals surface area contributed by atoms with Gasteiger partial charge in [0, 0.05) is 10.7 Å². The predicted octanol–water partition coefficient (Wildman–Crippen LogP) is 5.47. The van der Waals surface area contributed by atoms with Crippen LogP contribution in [0.15, 0.2) is 83.9 Å². The molecule has 0 radical (unpaired) electrons. The van der Waals surface area contributed by atoms with Crippen LogP contribution in [-0.2, 0) is 6.61 Å². The molecule has 0 spiro atoms. The van der Waals surface area contributed by atoms with E-state index in [0.29, 0.717) is 6.61 Å². The van der Waals surface area contributed by atoms with Crippen LogP contribution in [0.2, 0.25) is 0 Å². The highest BCUT2D eigenvalue weighted by Gasteiger charge is 2.07. The number of rotatable bonds is 5. The van der Waals surface area contributed by atoms with Crippen LogP contribution in [0.4, 0.5) is 0 Å². The van der Waals surface area contributed by atoms with Crippen LogP contribution < -0.4 is 9.47 Å². The molecule has 0 bridgehead atoms. The summed E-state index contributed by atoms with van der Waals surface area (Å²) in [6, 6.07) is 19.6. The molecule has 4 rings (SSSR count). The Bertz CT molecular complexity index is 982. The summed E-state index contributed by atoms with van der Waals surface area (Å²) < 4.78 is 14.6. The lowest BCUT2D eigenvalue weighted by Gasteiger charge is -2.10. The monoisotopic (exact) mass is 394 g/mol. The Kier molecular flexibility index (Phi) is 4.39. The molecule has 0 saturated carbocycles. The Morgan fingerprint density at radius 3 is 2.52 bits per heavy atom. The molecule has 2 aromatic carbocycles. The van der Waals surface area contributed by atoms with Gasteiger partial charge in [-0.3, -0.25) is 0 Å². The smallest absolute Gasteiger partial charge is 0.154 e. The lowest BCUT2D eigenvalue weighted by molar-refractivity contribution is 0.306. The van der Waals surface area contributed by atoms with E-state index in [2.05, 4.69) is 20.9 Å². The average Bonchev–Trinajstić information content (AvgIpc) is 3.10. The third-order valence-electron chi connectivity index (χ3n) is 3.75. The third kappa shape index (κ3) is 3.67. The number of aromatic nitrogens is 2. The highest BCUT2D eigenvalue weighted by molar-refractivity contribution is 9.10. The second-order valence-corrected chi connectivity index (χ2v) is 6.47. The molecular weight excluding hydrogens is 380 g/mol. The Morgan fingerprint density at radius 1 is 0.960 bits per heavy atom. The van der Waals surface area contributed by atoms with Gasteiger partial charge in [-0.1, -0.05) is 30.3 Å². The van der Waals surface area contributed by atoms with Crippen LogP contribution in [0.1, 0.15) is 5.56 Å². The largest absolute Gasteiger partial charge is 0.489 e. The quantitative estimate of drug-likeness (QED) is 0.450. The summed E-state index contributed by atoms with van der Waals surface area (Å²) in [6.45, 7) is 0.545. The molecule has 2 aromatic heterocycles. The van der Waals surface area contributed by atoms with Crippen LogP contribution in [0, 0.1) is 0 Å². The Balaban J connectivity index is 1.47. The van der Waals surface area contributed by atoms with Gasteiger partial charge in [-0.05, 0) is 51.8 Å². The fraction of sp³-hybridized carbons (Fsp3) is 0.0500. The van der Waals surface area contributed by atoms with Gasteiger partial charge >= 0.3 is 0 Å². The molecule has 0 atom stereocenters. The molecule has 4 nitrogen and oxygen atoms in total. The summed E-state index contributed by atoms with van der Waals surface area (Å²) in [6.07, 6.45) is 5.46. The first-order valence-corrected chi connectivity index (χ1v) is 8.63. The molecule has 0 aliphatic carbocycles. The summed E-state index contributed by atoms with van der Waals surface area (Å²) >= 11 is 3.49. The van der Waals surface area contributed by atoms with E-state index in [9.17, 15) is 0 Å². The first kappa shape index (κ1) is 15.7. The third-order valence-corrected chi connectivity index (χ3v) is 4.18. The van der Waals surface area contributed by atoms with Crippen LogP contribution in [0.3, 0.4) is 0 Å². The normalized spacial score (nSPS) is 10.8. The second-order valence-electron chi connectivity index (χ2n) is 5.56. The number of nitrogens with zero attached hydrogens (tertiary/aromatic N) is 2. The number of hydrogen-bond acceptors (Lipinski definition) is 3. The van der Waals surface area contributed by atoms with E-state index in [1.54, 1.807) is 12.5 Å². The lowest BCUT2D eigenvalue weighted by Crippen LogP contribution is -1.95.